The molecule has 0 bridgehead atoms. The van der Waals surface area contributed by atoms with Gasteiger partial charge in [0.25, 0.3) is 0 Å². The van der Waals surface area contributed by atoms with Gasteiger partial charge in [0, 0.05) is 0 Å². The van der Waals surface area contributed by atoms with Crippen LogP contribution in [0.25, 0.3) is 0 Å². The van der Waals surface area contributed by atoms with Crippen molar-refractivity contribution in [3.05, 3.63) is 36.2 Å². The molecule has 1 aliphatic heterocycles. The third-order valence-electron chi connectivity index (χ3n) is 2.00. The minimum atomic E-state index is 0.565. The van der Waals surface area contributed by atoms with Crippen molar-refractivity contribution in [3.8, 4) is 0 Å². The van der Waals surface area contributed by atoms with Gasteiger partial charge in [-0.15, -0.1) is 0 Å². The molecule has 0 fully saturated rings. The zero-order valence-corrected chi connectivity index (χ0v) is 7.18. The summed E-state index contributed by atoms with van der Waals surface area (Å²) in [5, 5.41) is 21.1. The molecule has 0 spiro atoms. The number of para-hydroxylation sites is 2. The first kappa shape index (κ1) is 8.10. The van der Waals surface area contributed by atoms with Crippen LogP contribution in [0.2, 0.25) is 0 Å². The Hall–Kier alpha value is -1.52. The Morgan fingerprint density at radius 1 is 1.08 bits per heavy atom. The fraction of sp³-hybridized carbons (Fsp3) is 0.111. The molecule has 0 saturated heterocycles. The molecule has 4 nitrogen and oxygen atoms in total. The van der Waals surface area contributed by atoms with E-state index in [9.17, 15) is 10.4 Å². The maximum atomic E-state index is 9.57. The first-order chi connectivity index (χ1) is 6.20. The van der Waals surface area contributed by atoms with Crippen LogP contribution < -0.4 is 10.1 Å². The van der Waals surface area contributed by atoms with E-state index >= 15 is 0 Å². The van der Waals surface area contributed by atoms with Crippen LogP contribution in [0.15, 0.2) is 36.2 Å². The number of rotatable bonds is 0. The summed E-state index contributed by atoms with van der Waals surface area (Å²) in [4.78, 5) is 0. The van der Waals surface area contributed by atoms with Crippen molar-refractivity contribution in [2.75, 3.05) is 10.1 Å². The summed E-state index contributed by atoms with van der Waals surface area (Å²) in [5.41, 5.74) is 1.71. The van der Waals surface area contributed by atoms with Crippen LogP contribution in [-0.2, 0) is 0 Å². The van der Waals surface area contributed by atoms with E-state index in [1.807, 2.05) is 0 Å². The fourth-order valence-corrected chi connectivity index (χ4v) is 1.33. The van der Waals surface area contributed by atoms with Crippen LogP contribution in [-0.4, -0.2) is 10.4 Å². The molecule has 68 valence electrons. The minimum Gasteiger partial charge on any atom is -0.284 e. The summed E-state index contributed by atoms with van der Waals surface area (Å²) < 4.78 is 0. The number of hydrogen-bond donors (Lipinski definition) is 2. The monoisotopic (exact) mass is 178 g/mol. The van der Waals surface area contributed by atoms with Gasteiger partial charge in [-0.2, -0.15) is 0 Å². The zero-order valence-electron chi connectivity index (χ0n) is 7.18. The highest BCUT2D eigenvalue weighted by atomic mass is 16.5. The second-order valence-corrected chi connectivity index (χ2v) is 2.92. The Labute approximate surface area is 75.8 Å². The molecule has 1 aliphatic rings. The van der Waals surface area contributed by atoms with Gasteiger partial charge in [-0.05, 0) is 19.1 Å². The molecule has 1 aromatic rings. The van der Waals surface area contributed by atoms with Gasteiger partial charge in [-0.1, -0.05) is 12.1 Å². The van der Waals surface area contributed by atoms with Crippen molar-refractivity contribution >= 4 is 11.4 Å². The maximum Gasteiger partial charge on any atom is 0.0950 e. The zero-order chi connectivity index (χ0) is 9.42. The van der Waals surface area contributed by atoms with Gasteiger partial charge >= 0.3 is 0 Å². The minimum absolute atomic E-state index is 0.565. The quantitative estimate of drug-likeness (QED) is 0.637. The lowest BCUT2D eigenvalue weighted by atomic mass is 10.2. The standard InChI is InChI=1S/C9H10N2O2/c1-7-6-10(12)8-4-2-3-5-9(8)11(7)13/h2-6,12-13H,1H3. The normalized spacial score (nSPS) is 15.5. The molecule has 0 saturated carbocycles. The van der Waals surface area contributed by atoms with Crippen molar-refractivity contribution < 1.29 is 10.4 Å². The summed E-state index contributed by atoms with van der Waals surface area (Å²) in [5.74, 6) is 0. The predicted octanol–water partition coefficient (Wildman–Crippen LogP) is 1.95. The van der Waals surface area contributed by atoms with Crippen molar-refractivity contribution in [1.82, 2.24) is 0 Å². The van der Waals surface area contributed by atoms with E-state index in [0.29, 0.717) is 17.1 Å². The molecule has 4 heteroatoms. The van der Waals surface area contributed by atoms with E-state index in [0.717, 1.165) is 10.1 Å². The molecular formula is C9H10N2O2. The van der Waals surface area contributed by atoms with Gasteiger partial charge in [-0.3, -0.25) is 10.4 Å². The Kier molecular flexibility index (Phi) is 1.72. The molecule has 2 rings (SSSR count). The van der Waals surface area contributed by atoms with Crippen LogP contribution in [0.4, 0.5) is 11.4 Å². The number of anilines is 2. The number of fused-ring (bicyclic) bond motifs is 1. The molecule has 0 amide bonds. The van der Waals surface area contributed by atoms with Gasteiger partial charge in [0.2, 0.25) is 0 Å². The number of nitrogens with zero attached hydrogens (tertiary/aromatic N) is 2. The fourth-order valence-electron chi connectivity index (χ4n) is 1.33. The van der Waals surface area contributed by atoms with Crippen molar-refractivity contribution in [2.45, 2.75) is 6.92 Å². The topological polar surface area (TPSA) is 46.9 Å². The molecule has 0 unspecified atom stereocenters. The van der Waals surface area contributed by atoms with E-state index in [2.05, 4.69) is 0 Å². The molecule has 13 heavy (non-hydrogen) atoms. The highest BCUT2D eigenvalue weighted by molar-refractivity contribution is 5.74. The number of hydrogen-bond acceptors (Lipinski definition) is 4. The molecule has 0 aliphatic carbocycles. The van der Waals surface area contributed by atoms with Gasteiger partial charge in [0.1, 0.15) is 0 Å². The lowest BCUT2D eigenvalue weighted by Gasteiger charge is -2.28. The summed E-state index contributed by atoms with van der Waals surface area (Å²) in [7, 11) is 0. The van der Waals surface area contributed by atoms with E-state index < -0.39 is 0 Å². The van der Waals surface area contributed by atoms with E-state index in [1.54, 1.807) is 31.2 Å². The van der Waals surface area contributed by atoms with Crippen molar-refractivity contribution in [2.24, 2.45) is 0 Å². The van der Waals surface area contributed by atoms with E-state index in [1.165, 1.54) is 6.20 Å². The molecule has 2 N–H and O–H groups in total. The largest absolute Gasteiger partial charge is 0.284 e. The second kappa shape index (κ2) is 2.76. The SMILES string of the molecule is CC1=CN(O)c2ccccc2N1O. The van der Waals surface area contributed by atoms with Crippen LogP contribution in [0.3, 0.4) is 0 Å². The Bertz CT molecular complexity index is 362. The summed E-state index contributed by atoms with van der Waals surface area (Å²) in [6.07, 6.45) is 1.45. The molecule has 1 aromatic carbocycles. The summed E-state index contributed by atoms with van der Waals surface area (Å²) in [6, 6.07) is 7.05. The summed E-state index contributed by atoms with van der Waals surface area (Å²) in [6.45, 7) is 1.71. The van der Waals surface area contributed by atoms with E-state index in [-0.39, 0.29) is 0 Å². The first-order valence-electron chi connectivity index (χ1n) is 3.95. The average molecular weight is 178 g/mol. The number of hydroxylamine groups is 2. The second-order valence-electron chi connectivity index (χ2n) is 2.92. The lowest BCUT2D eigenvalue weighted by molar-refractivity contribution is 0.257. The lowest BCUT2D eigenvalue weighted by Crippen LogP contribution is -2.26. The molecule has 0 radical (unpaired) electrons. The Balaban J connectivity index is 2.55. The predicted molar refractivity (Wildman–Crippen MR) is 48.7 cm³/mol. The van der Waals surface area contributed by atoms with E-state index in [4.69, 9.17) is 0 Å². The molecule has 1 heterocycles. The maximum absolute atomic E-state index is 9.57. The first-order valence-corrected chi connectivity index (χ1v) is 3.95. The van der Waals surface area contributed by atoms with Gasteiger partial charge in [0.05, 0.1) is 23.3 Å². The number of benzene rings is 1. The van der Waals surface area contributed by atoms with Gasteiger partial charge in [-0.25, -0.2) is 10.1 Å². The Morgan fingerprint density at radius 2 is 1.69 bits per heavy atom. The average Bonchev–Trinajstić information content (AvgIpc) is 2.15. The number of allylic oxidation sites excluding steroid dienone is 1. The van der Waals surface area contributed by atoms with Gasteiger partial charge in [0.15, 0.2) is 0 Å². The Morgan fingerprint density at radius 3 is 2.38 bits per heavy atom. The molecule has 0 aromatic heterocycles. The molecular weight excluding hydrogens is 168 g/mol. The van der Waals surface area contributed by atoms with Crippen LogP contribution in [0.1, 0.15) is 6.92 Å². The van der Waals surface area contributed by atoms with Crippen molar-refractivity contribution in [3.63, 3.8) is 0 Å². The van der Waals surface area contributed by atoms with Crippen molar-refractivity contribution in [1.29, 1.82) is 0 Å². The smallest absolute Gasteiger partial charge is 0.0950 e. The summed E-state index contributed by atoms with van der Waals surface area (Å²) >= 11 is 0. The van der Waals surface area contributed by atoms with Gasteiger partial charge < -0.3 is 0 Å². The third kappa shape index (κ3) is 1.16. The van der Waals surface area contributed by atoms with Crippen LogP contribution >= 0.6 is 0 Å². The highest BCUT2D eigenvalue weighted by Crippen LogP contribution is 2.33. The highest BCUT2D eigenvalue weighted by Gasteiger charge is 2.18. The van der Waals surface area contributed by atoms with Crippen LogP contribution in [0.5, 0.6) is 0 Å². The van der Waals surface area contributed by atoms with Crippen LogP contribution in [0, 0.1) is 0 Å². The third-order valence-corrected chi connectivity index (χ3v) is 2.00. The molecule has 0 atom stereocenters.